The molecule has 9 nitrogen and oxygen atoms in total. The van der Waals surface area contributed by atoms with E-state index in [0.29, 0.717) is 23.1 Å². The number of nitrogens with two attached hydrogens (primary N) is 1. The van der Waals surface area contributed by atoms with Gasteiger partial charge in [0.15, 0.2) is 0 Å². The average Bonchev–Trinajstić information content (AvgIpc) is 2.94. The highest BCUT2D eigenvalue weighted by Gasteiger charge is 2.36. The second-order valence-electron chi connectivity index (χ2n) is 6.13. The Hall–Kier alpha value is -3.18. The van der Waals surface area contributed by atoms with E-state index in [0.717, 1.165) is 14.9 Å². The van der Waals surface area contributed by atoms with Gasteiger partial charge in [-0.15, -0.1) is 0 Å². The van der Waals surface area contributed by atoms with Crippen LogP contribution in [0.2, 0.25) is 0 Å². The van der Waals surface area contributed by atoms with Crippen molar-refractivity contribution in [1.82, 2.24) is 4.90 Å². The number of primary amides is 1. The fourth-order valence-electron chi connectivity index (χ4n) is 2.57. The molecule has 154 valence electrons. The van der Waals surface area contributed by atoms with Crippen molar-refractivity contribution in [3.63, 3.8) is 0 Å². The molecule has 0 saturated carbocycles. The molecule has 0 atom stereocenters. The Morgan fingerprint density at radius 3 is 2.57 bits per heavy atom. The van der Waals surface area contributed by atoms with E-state index in [1.54, 1.807) is 30.3 Å². The van der Waals surface area contributed by atoms with Crippen LogP contribution in [0.4, 0.5) is 10.5 Å². The van der Waals surface area contributed by atoms with Crippen molar-refractivity contribution in [2.45, 2.75) is 6.61 Å². The summed E-state index contributed by atoms with van der Waals surface area (Å²) in [5.74, 6) is -0.948. The summed E-state index contributed by atoms with van der Waals surface area (Å²) >= 11 is 4.06. The summed E-state index contributed by atoms with van der Waals surface area (Å²) in [5.41, 5.74) is 6.32. The zero-order valence-electron chi connectivity index (χ0n) is 15.2. The largest absolute Gasteiger partial charge is 0.488 e. The molecular formula is C19H14BrN3O6S. The number of benzene rings is 2. The second-order valence-corrected chi connectivity index (χ2v) is 8.04. The van der Waals surface area contributed by atoms with Crippen molar-refractivity contribution in [1.29, 1.82) is 0 Å². The molecule has 30 heavy (non-hydrogen) atoms. The third-order valence-corrected chi connectivity index (χ3v) is 5.39. The lowest BCUT2D eigenvalue weighted by Gasteiger charge is -2.11. The SMILES string of the molecule is NC(=O)CN1C(=O)S/C(=C\c2cc(Br)ccc2OCc2ccc([N+](=O)[O-])cc2)C1=O. The van der Waals surface area contributed by atoms with E-state index in [1.165, 1.54) is 18.2 Å². The molecule has 1 heterocycles. The summed E-state index contributed by atoms with van der Waals surface area (Å²) in [6.45, 7) is -0.340. The van der Waals surface area contributed by atoms with Crippen LogP contribution in [0, 0.1) is 10.1 Å². The Balaban J connectivity index is 1.81. The van der Waals surface area contributed by atoms with E-state index in [1.807, 2.05) is 0 Å². The minimum Gasteiger partial charge on any atom is -0.488 e. The van der Waals surface area contributed by atoms with Gasteiger partial charge in [-0.3, -0.25) is 29.4 Å². The third-order valence-electron chi connectivity index (χ3n) is 3.99. The lowest BCUT2D eigenvalue weighted by atomic mass is 10.1. The molecule has 0 spiro atoms. The molecule has 3 amide bonds. The lowest BCUT2D eigenvalue weighted by Crippen LogP contribution is -2.36. The van der Waals surface area contributed by atoms with Gasteiger partial charge in [0.2, 0.25) is 5.91 Å². The molecule has 1 saturated heterocycles. The number of ether oxygens (including phenoxy) is 1. The molecule has 0 bridgehead atoms. The Morgan fingerprint density at radius 2 is 1.93 bits per heavy atom. The molecule has 0 aliphatic carbocycles. The van der Waals surface area contributed by atoms with Gasteiger partial charge in [0, 0.05) is 22.2 Å². The van der Waals surface area contributed by atoms with E-state index in [2.05, 4.69) is 15.9 Å². The summed E-state index contributed by atoms with van der Waals surface area (Å²) < 4.78 is 6.54. The number of nitrogens with zero attached hydrogens (tertiary/aromatic N) is 2. The number of amides is 3. The van der Waals surface area contributed by atoms with E-state index >= 15 is 0 Å². The first kappa shape index (κ1) is 21.5. The average molecular weight is 492 g/mol. The number of imide groups is 1. The normalized spacial score (nSPS) is 15.0. The summed E-state index contributed by atoms with van der Waals surface area (Å²) in [6, 6.07) is 11.1. The van der Waals surface area contributed by atoms with Crippen molar-refractivity contribution >= 4 is 56.5 Å². The Labute approximate surface area is 183 Å². The van der Waals surface area contributed by atoms with Gasteiger partial charge in [-0.25, -0.2) is 0 Å². The van der Waals surface area contributed by atoms with Crippen LogP contribution in [-0.4, -0.2) is 33.4 Å². The molecule has 0 radical (unpaired) electrons. The standard InChI is InChI=1S/C19H14BrN3O6S/c20-13-3-6-15(29-10-11-1-4-14(5-2-11)23(27)28)12(7-13)8-16-18(25)22(9-17(21)24)19(26)30-16/h1-8H,9-10H2,(H2,21,24)/b16-8-. The van der Waals surface area contributed by atoms with Gasteiger partial charge in [0.1, 0.15) is 18.9 Å². The van der Waals surface area contributed by atoms with Crippen molar-refractivity contribution in [2.75, 3.05) is 6.54 Å². The molecule has 0 aromatic heterocycles. The topological polar surface area (TPSA) is 133 Å². The van der Waals surface area contributed by atoms with Crippen LogP contribution in [0.3, 0.4) is 0 Å². The van der Waals surface area contributed by atoms with Crippen LogP contribution in [0.5, 0.6) is 5.75 Å². The first-order chi connectivity index (χ1) is 14.2. The molecule has 11 heteroatoms. The van der Waals surface area contributed by atoms with Crippen molar-refractivity contribution in [2.24, 2.45) is 5.73 Å². The van der Waals surface area contributed by atoms with Gasteiger partial charge in [-0.1, -0.05) is 15.9 Å². The fraction of sp³-hybridized carbons (Fsp3) is 0.105. The van der Waals surface area contributed by atoms with Gasteiger partial charge < -0.3 is 10.5 Å². The zero-order valence-corrected chi connectivity index (χ0v) is 17.6. The summed E-state index contributed by atoms with van der Waals surface area (Å²) in [7, 11) is 0. The van der Waals surface area contributed by atoms with Crippen LogP contribution >= 0.6 is 27.7 Å². The first-order valence-electron chi connectivity index (χ1n) is 8.44. The van der Waals surface area contributed by atoms with E-state index < -0.39 is 28.5 Å². The Kier molecular flexibility index (Phi) is 6.53. The van der Waals surface area contributed by atoms with Crippen molar-refractivity contribution < 1.29 is 24.0 Å². The van der Waals surface area contributed by atoms with E-state index in [4.69, 9.17) is 10.5 Å². The Bertz CT molecular complexity index is 1070. The quantitative estimate of drug-likeness (QED) is 0.356. The number of nitro benzene ring substituents is 1. The van der Waals surface area contributed by atoms with Gasteiger partial charge in [0.05, 0.1) is 9.83 Å². The van der Waals surface area contributed by atoms with Crippen LogP contribution < -0.4 is 10.5 Å². The summed E-state index contributed by atoms with van der Waals surface area (Å²) in [4.78, 5) is 46.7. The van der Waals surface area contributed by atoms with Crippen LogP contribution in [0.25, 0.3) is 6.08 Å². The number of carbonyl (C=O) groups is 3. The minimum atomic E-state index is -0.784. The molecule has 2 aromatic rings. The molecule has 2 N–H and O–H groups in total. The summed E-state index contributed by atoms with van der Waals surface area (Å²) in [6.07, 6.45) is 1.50. The van der Waals surface area contributed by atoms with Crippen LogP contribution in [-0.2, 0) is 16.2 Å². The van der Waals surface area contributed by atoms with Crippen molar-refractivity contribution in [3.8, 4) is 5.75 Å². The highest BCUT2D eigenvalue weighted by atomic mass is 79.9. The maximum Gasteiger partial charge on any atom is 0.294 e. The number of halogens is 1. The number of hydrogen-bond donors (Lipinski definition) is 1. The first-order valence-corrected chi connectivity index (χ1v) is 10.0. The Morgan fingerprint density at radius 1 is 1.23 bits per heavy atom. The predicted octanol–water partition coefficient (Wildman–Crippen LogP) is 3.46. The maximum atomic E-state index is 12.4. The number of rotatable bonds is 7. The van der Waals surface area contributed by atoms with Gasteiger partial charge in [-0.2, -0.15) is 0 Å². The van der Waals surface area contributed by atoms with Crippen molar-refractivity contribution in [3.05, 3.63) is 73.1 Å². The van der Waals surface area contributed by atoms with E-state index in [-0.39, 0.29) is 17.2 Å². The molecular weight excluding hydrogens is 478 g/mol. The zero-order chi connectivity index (χ0) is 21.8. The van der Waals surface area contributed by atoms with Crippen LogP contribution in [0.15, 0.2) is 51.8 Å². The lowest BCUT2D eigenvalue weighted by molar-refractivity contribution is -0.384. The number of hydrogen-bond acceptors (Lipinski definition) is 7. The number of thioether (sulfide) groups is 1. The third kappa shape index (κ3) is 5.05. The molecule has 1 aliphatic heterocycles. The van der Waals surface area contributed by atoms with Crippen LogP contribution in [0.1, 0.15) is 11.1 Å². The fourth-order valence-corrected chi connectivity index (χ4v) is 3.78. The number of non-ortho nitro benzene ring substituents is 1. The van der Waals surface area contributed by atoms with E-state index in [9.17, 15) is 24.5 Å². The molecule has 2 aromatic carbocycles. The highest BCUT2D eigenvalue weighted by molar-refractivity contribution is 9.10. The molecule has 3 rings (SSSR count). The highest BCUT2D eigenvalue weighted by Crippen LogP contribution is 2.35. The molecule has 1 aliphatic rings. The van der Waals surface area contributed by atoms with Gasteiger partial charge in [0.25, 0.3) is 16.8 Å². The van der Waals surface area contributed by atoms with Gasteiger partial charge >= 0.3 is 0 Å². The second kappa shape index (κ2) is 9.09. The number of nitro groups is 1. The monoisotopic (exact) mass is 491 g/mol. The maximum absolute atomic E-state index is 12.4. The van der Waals surface area contributed by atoms with Gasteiger partial charge in [-0.05, 0) is 53.7 Å². The smallest absolute Gasteiger partial charge is 0.294 e. The minimum absolute atomic E-state index is 0.0187. The molecule has 0 unspecified atom stereocenters. The molecule has 1 fully saturated rings. The summed E-state index contributed by atoms with van der Waals surface area (Å²) in [5, 5.41) is 10.2. The number of carbonyl (C=O) groups excluding carboxylic acids is 3. The predicted molar refractivity (Wildman–Crippen MR) is 113 cm³/mol.